The third-order valence-electron chi connectivity index (χ3n) is 4.09. The molecular formula is C16H13F2N5OS. The number of rotatable bonds is 4. The highest BCUT2D eigenvalue weighted by Crippen LogP contribution is 2.42. The van der Waals surface area contributed by atoms with Crippen molar-refractivity contribution in [2.75, 3.05) is 0 Å². The third kappa shape index (κ3) is 3.02. The van der Waals surface area contributed by atoms with E-state index in [1.807, 2.05) is 0 Å². The van der Waals surface area contributed by atoms with Crippen molar-refractivity contribution in [3.63, 3.8) is 0 Å². The quantitative estimate of drug-likeness (QED) is 0.748. The molecule has 3 aromatic rings. The second-order valence-electron chi connectivity index (χ2n) is 5.86. The van der Waals surface area contributed by atoms with Crippen molar-refractivity contribution in [1.82, 2.24) is 25.5 Å². The molecule has 0 radical (unpaired) electrons. The maximum Gasteiger partial charge on any atom is 0.263 e. The lowest BCUT2D eigenvalue weighted by molar-refractivity contribution is 0.0953. The summed E-state index contributed by atoms with van der Waals surface area (Å²) in [5, 5.41) is 9.94. The van der Waals surface area contributed by atoms with Gasteiger partial charge in [-0.25, -0.2) is 18.7 Å². The predicted molar refractivity (Wildman–Crippen MR) is 87.2 cm³/mol. The first-order chi connectivity index (χ1) is 12.0. The second-order valence-corrected chi connectivity index (χ2v) is 6.85. The van der Waals surface area contributed by atoms with Crippen molar-refractivity contribution in [2.45, 2.75) is 25.3 Å². The molecule has 2 atom stereocenters. The number of carbonyl (C=O) groups is 1. The van der Waals surface area contributed by atoms with E-state index in [1.165, 1.54) is 29.8 Å². The van der Waals surface area contributed by atoms with E-state index in [0.29, 0.717) is 33.4 Å². The van der Waals surface area contributed by atoms with E-state index in [2.05, 4.69) is 25.5 Å². The molecule has 4 rings (SSSR count). The minimum atomic E-state index is -0.609. The SMILES string of the molecule is Cc1nc(-c2ncn[nH]2)sc1C(=O)N[C@H]1C[C@@H]1c1ccc(F)cc1F. The van der Waals surface area contributed by atoms with Crippen molar-refractivity contribution in [3.8, 4) is 10.8 Å². The Morgan fingerprint density at radius 2 is 2.24 bits per heavy atom. The van der Waals surface area contributed by atoms with Crippen LogP contribution in [0.5, 0.6) is 0 Å². The Morgan fingerprint density at radius 3 is 2.96 bits per heavy atom. The van der Waals surface area contributed by atoms with Crippen LogP contribution in [-0.4, -0.2) is 32.1 Å². The van der Waals surface area contributed by atoms with Gasteiger partial charge in [-0.05, 0) is 25.0 Å². The van der Waals surface area contributed by atoms with E-state index in [0.717, 1.165) is 6.07 Å². The molecule has 128 valence electrons. The number of nitrogens with zero attached hydrogens (tertiary/aromatic N) is 3. The Hall–Kier alpha value is -2.68. The van der Waals surface area contributed by atoms with Gasteiger partial charge in [0.25, 0.3) is 5.91 Å². The lowest BCUT2D eigenvalue weighted by Gasteiger charge is -2.05. The molecule has 1 saturated carbocycles. The highest BCUT2D eigenvalue weighted by atomic mass is 32.1. The van der Waals surface area contributed by atoms with Crippen LogP contribution in [0.15, 0.2) is 24.5 Å². The first-order valence-corrected chi connectivity index (χ1v) is 8.43. The number of benzene rings is 1. The maximum atomic E-state index is 13.8. The third-order valence-corrected chi connectivity index (χ3v) is 5.25. The molecule has 25 heavy (non-hydrogen) atoms. The molecule has 1 aliphatic carbocycles. The summed E-state index contributed by atoms with van der Waals surface area (Å²) < 4.78 is 26.8. The molecule has 1 fully saturated rings. The minimum absolute atomic E-state index is 0.133. The smallest absolute Gasteiger partial charge is 0.263 e. The highest BCUT2D eigenvalue weighted by molar-refractivity contribution is 7.17. The fourth-order valence-electron chi connectivity index (χ4n) is 2.75. The Morgan fingerprint density at radius 1 is 1.40 bits per heavy atom. The predicted octanol–water partition coefficient (Wildman–Crippen LogP) is 2.80. The Kier molecular flexibility index (Phi) is 3.79. The normalized spacial score (nSPS) is 19.0. The van der Waals surface area contributed by atoms with Gasteiger partial charge in [-0.2, -0.15) is 5.10 Å². The molecule has 0 aliphatic heterocycles. The Labute approximate surface area is 145 Å². The highest BCUT2D eigenvalue weighted by Gasteiger charge is 2.41. The summed E-state index contributed by atoms with van der Waals surface area (Å²) in [6.07, 6.45) is 2.00. The number of nitrogens with one attached hydrogen (secondary N) is 2. The standard InChI is InChI=1S/C16H13F2N5OS/c1-7-13(25-16(21-7)14-19-6-20-23-14)15(24)22-12-5-10(12)9-3-2-8(17)4-11(9)18/h2-4,6,10,12H,5H2,1H3,(H,22,24)(H,19,20,23)/t10-,12+/m1/s1. The van der Waals surface area contributed by atoms with Gasteiger partial charge in [-0.15, -0.1) is 11.3 Å². The molecule has 9 heteroatoms. The average molecular weight is 361 g/mol. The summed E-state index contributed by atoms with van der Waals surface area (Å²) in [6, 6.07) is 3.36. The molecule has 0 saturated heterocycles. The number of aryl methyl sites for hydroxylation is 1. The van der Waals surface area contributed by atoms with Crippen molar-refractivity contribution in [1.29, 1.82) is 0 Å². The lowest BCUT2D eigenvalue weighted by atomic mass is 10.1. The van der Waals surface area contributed by atoms with Gasteiger partial charge in [0.2, 0.25) is 0 Å². The first-order valence-electron chi connectivity index (χ1n) is 7.62. The number of halogens is 2. The Bertz CT molecular complexity index is 940. The monoisotopic (exact) mass is 361 g/mol. The van der Waals surface area contributed by atoms with Crippen LogP contribution in [0.1, 0.15) is 33.3 Å². The molecule has 2 N–H and O–H groups in total. The molecule has 2 heterocycles. The van der Waals surface area contributed by atoms with Crippen LogP contribution < -0.4 is 5.32 Å². The second kappa shape index (κ2) is 5.99. The number of thiazole rings is 1. The van der Waals surface area contributed by atoms with E-state index >= 15 is 0 Å². The van der Waals surface area contributed by atoms with Crippen LogP contribution >= 0.6 is 11.3 Å². The Balaban J connectivity index is 1.47. The number of amides is 1. The molecule has 0 spiro atoms. The molecule has 6 nitrogen and oxygen atoms in total. The van der Waals surface area contributed by atoms with Crippen LogP contribution in [0, 0.1) is 18.6 Å². The van der Waals surface area contributed by atoms with Crippen LogP contribution in [0.3, 0.4) is 0 Å². The summed E-state index contributed by atoms with van der Waals surface area (Å²) in [4.78, 5) is 21.3. The molecule has 0 unspecified atom stereocenters. The number of carbonyl (C=O) groups excluding carboxylic acids is 1. The van der Waals surface area contributed by atoms with E-state index in [1.54, 1.807) is 6.92 Å². The molecule has 1 amide bonds. The first kappa shape index (κ1) is 15.8. The molecule has 0 bridgehead atoms. The van der Waals surface area contributed by atoms with E-state index in [4.69, 9.17) is 0 Å². The summed E-state index contributed by atoms with van der Waals surface area (Å²) >= 11 is 1.22. The van der Waals surface area contributed by atoms with E-state index in [9.17, 15) is 13.6 Å². The zero-order valence-electron chi connectivity index (χ0n) is 13.1. The number of hydrogen-bond acceptors (Lipinski definition) is 5. The van der Waals surface area contributed by atoms with Gasteiger partial charge >= 0.3 is 0 Å². The van der Waals surface area contributed by atoms with Gasteiger partial charge in [0, 0.05) is 18.0 Å². The summed E-state index contributed by atoms with van der Waals surface area (Å²) in [5.74, 6) is -1.07. The lowest BCUT2D eigenvalue weighted by Crippen LogP contribution is -2.26. The van der Waals surface area contributed by atoms with Gasteiger partial charge in [-0.3, -0.25) is 9.89 Å². The average Bonchev–Trinajstić information content (AvgIpc) is 2.99. The van der Waals surface area contributed by atoms with Gasteiger partial charge in [0.1, 0.15) is 22.8 Å². The van der Waals surface area contributed by atoms with Crippen LogP contribution in [0.25, 0.3) is 10.8 Å². The zero-order valence-corrected chi connectivity index (χ0v) is 13.9. The van der Waals surface area contributed by atoms with Crippen molar-refractivity contribution >= 4 is 17.2 Å². The number of aromatic nitrogens is 4. The minimum Gasteiger partial charge on any atom is -0.348 e. The van der Waals surface area contributed by atoms with E-state index in [-0.39, 0.29) is 17.9 Å². The summed E-state index contributed by atoms with van der Waals surface area (Å²) in [7, 11) is 0. The number of aromatic amines is 1. The van der Waals surface area contributed by atoms with Gasteiger partial charge < -0.3 is 5.32 Å². The fourth-order valence-corrected chi connectivity index (χ4v) is 3.67. The zero-order chi connectivity index (χ0) is 17.6. The summed E-state index contributed by atoms with van der Waals surface area (Å²) in [5.41, 5.74) is 1.02. The van der Waals surface area contributed by atoms with Crippen LogP contribution in [0.4, 0.5) is 8.78 Å². The number of hydrogen-bond donors (Lipinski definition) is 2. The number of H-pyrrole nitrogens is 1. The largest absolute Gasteiger partial charge is 0.348 e. The van der Waals surface area contributed by atoms with Gasteiger partial charge in [0.05, 0.1) is 5.69 Å². The van der Waals surface area contributed by atoms with Gasteiger partial charge in [0.15, 0.2) is 10.8 Å². The molecule has 1 aromatic carbocycles. The van der Waals surface area contributed by atoms with Crippen molar-refractivity contribution in [3.05, 3.63) is 52.3 Å². The van der Waals surface area contributed by atoms with Crippen molar-refractivity contribution in [2.24, 2.45) is 0 Å². The van der Waals surface area contributed by atoms with E-state index < -0.39 is 11.6 Å². The van der Waals surface area contributed by atoms with Crippen molar-refractivity contribution < 1.29 is 13.6 Å². The van der Waals surface area contributed by atoms with Crippen LogP contribution in [-0.2, 0) is 0 Å². The maximum absolute atomic E-state index is 13.8. The van der Waals surface area contributed by atoms with Gasteiger partial charge in [-0.1, -0.05) is 6.07 Å². The van der Waals surface area contributed by atoms with Crippen LogP contribution in [0.2, 0.25) is 0 Å². The molecular weight excluding hydrogens is 348 g/mol. The molecule has 1 aliphatic rings. The molecule has 2 aromatic heterocycles. The topological polar surface area (TPSA) is 83.6 Å². The fraction of sp³-hybridized carbons (Fsp3) is 0.250. The summed E-state index contributed by atoms with van der Waals surface area (Å²) in [6.45, 7) is 1.75.